The zero-order chi connectivity index (χ0) is 19.7. The number of hydrogen-bond acceptors (Lipinski definition) is 2. The Morgan fingerprint density at radius 3 is 1.92 bits per heavy atom. The minimum atomic E-state index is -5.38. The van der Waals surface area contributed by atoms with Crippen LogP contribution in [0.15, 0.2) is 42.5 Å². The van der Waals surface area contributed by atoms with Gasteiger partial charge in [0.2, 0.25) is 0 Å². The lowest BCUT2D eigenvalue weighted by molar-refractivity contribution is -0.143. The van der Waals surface area contributed by atoms with E-state index in [0.29, 0.717) is 0 Å². The van der Waals surface area contributed by atoms with Gasteiger partial charge in [-0.15, -0.1) is 0 Å². The molecule has 0 saturated heterocycles. The number of carboxylic acids is 1. The predicted molar refractivity (Wildman–Crippen MR) is 77.8 cm³/mol. The number of aromatic carboxylic acids is 1. The second-order valence-electron chi connectivity index (χ2n) is 5.07. The monoisotopic (exact) mass is 377 g/mol. The highest BCUT2D eigenvalue weighted by Gasteiger charge is 2.42. The molecule has 0 fully saturated rings. The molecule has 0 bridgehead atoms. The standard InChI is InChI=1S/C16H9F6NO3/c17-15(18,19)8-6-10(14(25)26)12(11(7-8)16(20,21)22)13(24)23-9-4-2-1-3-5-9/h1-7H,(H,23,24)(H,25,26). The molecule has 0 atom stereocenters. The number of hydrogen-bond donors (Lipinski definition) is 2. The van der Waals surface area contributed by atoms with E-state index in [2.05, 4.69) is 0 Å². The van der Waals surface area contributed by atoms with Gasteiger partial charge in [0, 0.05) is 5.69 Å². The second kappa shape index (κ2) is 6.70. The Balaban J connectivity index is 2.69. The van der Waals surface area contributed by atoms with Crippen molar-refractivity contribution in [3.8, 4) is 0 Å². The molecule has 2 rings (SSSR count). The highest BCUT2D eigenvalue weighted by atomic mass is 19.4. The molecule has 1 amide bonds. The van der Waals surface area contributed by atoms with Gasteiger partial charge >= 0.3 is 18.3 Å². The van der Waals surface area contributed by atoms with Gasteiger partial charge < -0.3 is 10.4 Å². The molecule has 0 aliphatic heterocycles. The van der Waals surface area contributed by atoms with Crippen LogP contribution in [0.5, 0.6) is 0 Å². The molecule has 0 heterocycles. The van der Waals surface area contributed by atoms with Gasteiger partial charge in [-0.05, 0) is 24.3 Å². The number of alkyl halides is 6. The first-order chi connectivity index (χ1) is 11.9. The van der Waals surface area contributed by atoms with Crippen molar-refractivity contribution in [2.75, 3.05) is 5.32 Å². The summed E-state index contributed by atoms with van der Waals surface area (Å²) in [4.78, 5) is 23.4. The zero-order valence-electron chi connectivity index (χ0n) is 12.6. The Labute approximate surface area is 142 Å². The van der Waals surface area contributed by atoms with E-state index in [0.717, 1.165) is 0 Å². The van der Waals surface area contributed by atoms with Gasteiger partial charge in [0.25, 0.3) is 5.91 Å². The summed E-state index contributed by atoms with van der Waals surface area (Å²) in [5.74, 6) is -3.59. The fourth-order valence-corrected chi connectivity index (χ4v) is 2.16. The molecule has 2 N–H and O–H groups in total. The fraction of sp³-hybridized carbons (Fsp3) is 0.125. The van der Waals surface area contributed by atoms with Crippen LogP contribution < -0.4 is 5.32 Å². The third-order valence-electron chi connectivity index (χ3n) is 3.26. The maximum absolute atomic E-state index is 13.2. The molecule has 0 aliphatic rings. The molecule has 10 heteroatoms. The van der Waals surface area contributed by atoms with Crippen molar-refractivity contribution in [3.05, 3.63) is 64.7 Å². The largest absolute Gasteiger partial charge is 0.478 e. The number of rotatable bonds is 3. The van der Waals surface area contributed by atoms with E-state index < -0.39 is 46.5 Å². The Bertz CT molecular complexity index is 844. The van der Waals surface area contributed by atoms with Crippen molar-refractivity contribution in [1.82, 2.24) is 0 Å². The molecule has 0 aromatic heterocycles. The van der Waals surface area contributed by atoms with E-state index >= 15 is 0 Å². The number of carbonyl (C=O) groups excluding carboxylic acids is 1. The number of para-hydroxylation sites is 1. The van der Waals surface area contributed by atoms with Crippen molar-refractivity contribution in [3.63, 3.8) is 0 Å². The van der Waals surface area contributed by atoms with Crippen LogP contribution in [0, 0.1) is 0 Å². The third kappa shape index (κ3) is 4.13. The number of carbonyl (C=O) groups is 2. The van der Waals surface area contributed by atoms with Crippen LogP contribution in [0.1, 0.15) is 31.8 Å². The summed E-state index contributed by atoms with van der Waals surface area (Å²) in [6, 6.07) is 6.79. The van der Waals surface area contributed by atoms with Gasteiger partial charge in [0.1, 0.15) is 0 Å². The molecule has 138 valence electrons. The van der Waals surface area contributed by atoms with E-state index in [1.807, 2.05) is 5.32 Å². The molecule has 0 unspecified atom stereocenters. The van der Waals surface area contributed by atoms with Crippen molar-refractivity contribution in [2.24, 2.45) is 0 Å². The molecule has 4 nitrogen and oxygen atoms in total. The Hall–Kier alpha value is -3.04. The second-order valence-corrected chi connectivity index (χ2v) is 5.07. The van der Waals surface area contributed by atoms with Crippen LogP contribution in [0.4, 0.5) is 32.0 Å². The molecule has 2 aromatic carbocycles. The maximum atomic E-state index is 13.2. The summed E-state index contributed by atoms with van der Waals surface area (Å²) in [5, 5.41) is 11.1. The highest BCUT2D eigenvalue weighted by Crippen LogP contribution is 2.39. The lowest BCUT2D eigenvalue weighted by atomic mass is 9.95. The number of benzene rings is 2. The topological polar surface area (TPSA) is 66.4 Å². The number of anilines is 1. The quantitative estimate of drug-likeness (QED) is 0.764. The molecule has 0 saturated carbocycles. The molecule has 26 heavy (non-hydrogen) atoms. The van der Waals surface area contributed by atoms with Crippen molar-refractivity contribution in [1.29, 1.82) is 0 Å². The van der Waals surface area contributed by atoms with Crippen LogP contribution in [-0.4, -0.2) is 17.0 Å². The summed E-state index contributed by atoms with van der Waals surface area (Å²) in [6.45, 7) is 0. The summed E-state index contributed by atoms with van der Waals surface area (Å²) in [6.07, 6.45) is -10.6. The van der Waals surface area contributed by atoms with E-state index in [-0.39, 0.29) is 17.8 Å². The summed E-state index contributed by atoms with van der Waals surface area (Å²) >= 11 is 0. The van der Waals surface area contributed by atoms with E-state index in [1.165, 1.54) is 24.3 Å². The first-order valence-electron chi connectivity index (χ1n) is 6.83. The lowest BCUT2D eigenvalue weighted by Gasteiger charge is -2.18. The van der Waals surface area contributed by atoms with Gasteiger partial charge in [-0.25, -0.2) is 4.79 Å². The average molecular weight is 377 g/mol. The molecule has 0 radical (unpaired) electrons. The summed E-state index contributed by atoms with van der Waals surface area (Å²) in [7, 11) is 0. The van der Waals surface area contributed by atoms with Crippen LogP contribution in [0.3, 0.4) is 0 Å². The van der Waals surface area contributed by atoms with Gasteiger partial charge in [0.05, 0.1) is 22.3 Å². The van der Waals surface area contributed by atoms with Crippen LogP contribution in [0.2, 0.25) is 0 Å². The first kappa shape index (κ1) is 19.3. The van der Waals surface area contributed by atoms with Crippen LogP contribution in [0.25, 0.3) is 0 Å². The first-order valence-corrected chi connectivity index (χ1v) is 6.83. The Kier molecular flexibility index (Phi) is 4.97. The van der Waals surface area contributed by atoms with Crippen molar-refractivity contribution < 1.29 is 41.0 Å². The van der Waals surface area contributed by atoms with E-state index in [9.17, 15) is 35.9 Å². The molecule has 2 aromatic rings. The molecular formula is C16H9F6NO3. The fourth-order valence-electron chi connectivity index (χ4n) is 2.16. The molecule has 0 spiro atoms. The number of nitrogens with one attached hydrogen (secondary N) is 1. The number of halogens is 6. The zero-order valence-corrected chi connectivity index (χ0v) is 12.6. The number of carboxylic acid groups (broad SMARTS) is 1. The minimum absolute atomic E-state index is 0.00250. The smallest absolute Gasteiger partial charge is 0.417 e. The molecular weight excluding hydrogens is 368 g/mol. The Morgan fingerprint density at radius 2 is 1.46 bits per heavy atom. The average Bonchev–Trinajstić information content (AvgIpc) is 2.52. The van der Waals surface area contributed by atoms with Gasteiger partial charge in [0.15, 0.2) is 0 Å². The number of amides is 1. The van der Waals surface area contributed by atoms with Crippen LogP contribution >= 0.6 is 0 Å². The highest BCUT2D eigenvalue weighted by molar-refractivity contribution is 6.12. The van der Waals surface area contributed by atoms with Gasteiger partial charge in [-0.1, -0.05) is 18.2 Å². The normalized spacial score (nSPS) is 11.9. The Morgan fingerprint density at radius 1 is 0.885 bits per heavy atom. The van der Waals surface area contributed by atoms with E-state index in [4.69, 9.17) is 5.11 Å². The van der Waals surface area contributed by atoms with Crippen molar-refractivity contribution in [2.45, 2.75) is 12.4 Å². The maximum Gasteiger partial charge on any atom is 0.417 e. The van der Waals surface area contributed by atoms with Gasteiger partial charge in [-0.3, -0.25) is 4.79 Å². The van der Waals surface area contributed by atoms with Crippen molar-refractivity contribution >= 4 is 17.6 Å². The lowest BCUT2D eigenvalue weighted by Crippen LogP contribution is -2.24. The van der Waals surface area contributed by atoms with Gasteiger partial charge in [-0.2, -0.15) is 26.3 Å². The third-order valence-corrected chi connectivity index (χ3v) is 3.26. The minimum Gasteiger partial charge on any atom is -0.478 e. The molecule has 0 aliphatic carbocycles. The summed E-state index contributed by atoms with van der Waals surface area (Å²) in [5.41, 5.74) is -6.57. The SMILES string of the molecule is O=C(O)c1cc(C(F)(F)F)cc(C(F)(F)F)c1C(=O)Nc1ccccc1. The predicted octanol–water partition coefficient (Wildman–Crippen LogP) is 4.67. The van der Waals surface area contributed by atoms with E-state index in [1.54, 1.807) is 6.07 Å². The summed E-state index contributed by atoms with van der Waals surface area (Å²) < 4.78 is 78.1. The van der Waals surface area contributed by atoms with Crippen LogP contribution in [-0.2, 0) is 12.4 Å².